The lowest BCUT2D eigenvalue weighted by Crippen LogP contribution is -2.37. The molecule has 166 valence electrons. The number of nitrogens with one attached hydrogen (secondary N) is 1. The lowest BCUT2D eigenvalue weighted by molar-refractivity contribution is -0.153. The zero-order valence-corrected chi connectivity index (χ0v) is 18.7. The van der Waals surface area contributed by atoms with Gasteiger partial charge in [0.05, 0.1) is 6.54 Å². The highest BCUT2D eigenvalue weighted by molar-refractivity contribution is 5.95. The summed E-state index contributed by atoms with van der Waals surface area (Å²) in [6.45, 7) is 7.10. The lowest BCUT2D eigenvalue weighted by atomic mass is 10.0. The summed E-state index contributed by atoms with van der Waals surface area (Å²) in [5.74, 6) is -0.512. The molecule has 0 saturated heterocycles. The normalized spacial score (nSPS) is 10.5. The monoisotopic (exact) mass is 426 g/mol. The number of hydrogen-bond acceptors (Lipinski definition) is 5. The first-order valence-corrected chi connectivity index (χ1v) is 10.1. The molecule has 0 radical (unpaired) electrons. The molecule has 0 heterocycles. The minimum Gasteiger partial charge on any atom is -0.482 e. The molecular formula is C24H30N2O5. The van der Waals surface area contributed by atoms with Crippen molar-refractivity contribution in [2.45, 2.75) is 33.6 Å². The average Bonchev–Trinajstić information content (AvgIpc) is 2.73. The Bertz CT molecular complexity index is 922. The van der Waals surface area contributed by atoms with Crippen molar-refractivity contribution in [3.8, 4) is 5.75 Å². The molecule has 0 atom stereocenters. The van der Waals surface area contributed by atoms with E-state index in [9.17, 15) is 14.4 Å². The summed E-state index contributed by atoms with van der Waals surface area (Å²) in [7, 11) is 1.48. The Balaban J connectivity index is 1.73. The van der Waals surface area contributed by atoms with Gasteiger partial charge in [-0.2, -0.15) is 0 Å². The van der Waals surface area contributed by atoms with Crippen molar-refractivity contribution in [1.29, 1.82) is 0 Å². The maximum Gasteiger partial charge on any atom is 0.344 e. The van der Waals surface area contributed by atoms with E-state index in [1.165, 1.54) is 17.5 Å². The van der Waals surface area contributed by atoms with E-state index in [4.69, 9.17) is 9.47 Å². The minimum absolute atomic E-state index is 0.150. The maximum absolute atomic E-state index is 12.2. The number of likely N-dealkylation sites (N-methyl/N-ethyl adjacent to an activating group) is 1. The third kappa shape index (κ3) is 7.77. The molecule has 0 aromatic heterocycles. The van der Waals surface area contributed by atoms with E-state index in [1.54, 1.807) is 12.1 Å². The SMILES string of the molecule is Cc1ccc(C)c(NC(=O)CN(C)C(=O)COC(=O)COc2ccc(C(C)C)cc2)c1. The zero-order valence-electron chi connectivity index (χ0n) is 18.7. The Labute approximate surface area is 183 Å². The fourth-order valence-electron chi connectivity index (χ4n) is 2.75. The Kier molecular flexibility index (Phi) is 8.61. The molecule has 0 aliphatic rings. The summed E-state index contributed by atoms with van der Waals surface area (Å²) in [5, 5.41) is 2.79. The molecule has 2 aromatic carbocycles. The van der Waals surface area contributed by atoms with Crippen molar-refractivity contribution in [1.82, 2.24) is 4.90 Å². The molecule has 0 spiro atoms. The van der Waals surface area contributed by atoms with Gasteiger partial charge in [-0.25, -0.2) is 4.79 Å². The van der Waals surface area contributed by atoms with Gasteiger partial charge < -0.3 is 19.7 Å². The van der Waals surface area contributed by atoms with Gasteiger partial charge in [0.2, 0.25) is 5.91 Å². The fraction of sp³-hybridized carbons (Fsp3) is 0.375. The van der Waals surface area contributed by atoms with Gasteiger partial charge in [-0.1, -0.05) is 38.1 Å². The number of anilines is 1. The molecule has 2 aromatic rings. The van der Waals surface area contributed by atoms with E-state index in [-0.39, 0.29) is 19.1 Å². The number of rotatable bonds is 9. The first kappa shape index (κ1) is 23.9. The molecule has 0 bridgehead atoms. The first-order chi connectivity index (χ1) is 14.7. The summed E-state index contributed by atoms with van der Waals surface area (Å²) in [6, 6.07) is 13.2. The average molecular weight is 427 g/mol. The van der Waals surface area contributed by atoms with Crippen LogP contribution in [-0.4, -0.2) is 49.5 Å². The Morgan fingerprint density at radius 1 is 1.00 bits per heavy atom. The van der Waals surface area contributed by atoms with Gasteiger partial charge in [0.15, 0.2) is 13.2 Å². The van der Waals surface area contributed by atoms with E-state index in [0.717, 1.165) is 11.1 Å². The summed E-state index contributed by atoms with van der Waals surface area (Å²) in [4.78, 5) is 37.4. The minimum atomic E-state index is -0.658. The second-order valence-electron chi connectivity index (χ2n) is 7.79. The number of aryl methyl sites for hydroxylation is 2. The number of esters is 1. The van der Waals surface area contributed by atoms with Gasteiger partial charge in [-0.05, 0) is 54.7 Å². The summed E-state index contributed by atoms with van der Waals surface area (Å²) in [5.41, 5.74) is 3.83. The molecule has 0 aliphatic carbocycles. The van der Waals surface area contributed by atoms with Crippen LogP contribution in [0.15, 0.2) is 42.5 Å². The second-order valence-corrected chi connectivity index (χ2v) is 7.79. The van der Waals surface area contributed by atoms with Crippen LogP contribution >= 0.6 is 0 Å². The van der Waals surface area contributed by atoms with Crippen LogP contribution in [0, 0.1) is 13.8 Å². The molecule has 0 aliphatic heterocycles. The number of amides is 2. The van der Waals surface area contributed by atoms with Gasteiger partial charge in [0.1, 0.15) is 5.75 Å². The third-order valence-corrected chi connectivity index (χ3v) is 4.73. The summed E-state index contributed by atoms with van der Waals surface area (Å²) < 4.78 is 10.3. The molecular weight excluding hydrogens is 396 g/mol. The smallest absolute Gasteiger partial charge is 0.344 e. The Morgan fingerprint density at radius 3 is 2.32 bits per heavy atom. The maximum atomic E-state index is 12.2. The molecule has 7 nitrogen and oxygen atoms in total. The molecule has 0 saturated carbocycles. The lowest BCUT2D eigenvalue weighted by Gasteiger charge is -2.17. The number of benzene rings is 2. The molecule has 0 fully saturated rings. The topological polar surface area (TPSA) is 84.9 Å². The summed E-state index contributed by atoms with van der Waals surface area (Å²) >= 11 is 0. The van der Waals surface area contributed by atoms with Crippen LogP contribution in [0.5, 0.6) is 5.75 Å². The van der Waals surface area contributed by atoms with Gasteiger partial charge in [0, 0.05) is 12.7 Å². The van der Waals surface area contributed by atoms with E-state index >= 15 is 0 Å². The molecule has 2 amide bonds. The standard InChI is InChI=1S/C24H30N2O5/c1-16(2)19-8-10-20(11-9-19)30-15-24(29)31-14-23(28)26(5)13-22(27)25-21-12-17(3)6-7-18(21)4/h6-12,16H,13-15H2,1-5H3,(H,25,27). The first-order valence-electron chi connectivity index (χ1n) is 10.1. The predicted molar refractivity (Wildman–Crippen MR) is 119 cm³/mol. The second kappa shape index (κ2) is 11.2. The van der Waals surface area contributed by atoms with Crippen molar-refractivity contribution in [2.75, 3.05) is 32.1 Å². The predicted octanol–water partition coefficient (Wildman–Crippen LogP) is 3.45. The van der Waals surface area contributed by atoms with E-state index in [2.05, 4.69) is 19.2 Å². The van der Waals surface area contributed by atoms with E-state index in [0.29, 0.717) is 17.4 Å². The summed E-state index contributed by atoms with van der Waals surface area (Å²) in [6.07, 6.45) is 0. The number of hydrogen-bond donors (Lipinski definition) is 1. The number of carbonyl (C=O) groups excluding carboxylic acids is 3. The number of nitrogens with zero attached hydrogens (tertiary/aromatic N) is 1. The van der Waals surface area contributed by atoms with Crippen LogP contribution < -0.4 is 10.1 Å². The van der Waals surface area contributed by atoms with Gasteiger partial charge in [-0.3, -0.25) is 9.59 Å². The van der Waals surface area contributed by atoms with Gasteiger partial charge in [0.25, 0.3) is 5.91 Å². The number of ether oxygens (including phenoxy) is 2. The van der Waals surface area contributed by atoms with Crippen molar-refractivity contribution in [2.24, 2.45) is 0 Å². The van der Waals surface area contributed by atoms with Crippen molar-refractivity contribution < 1.29 is 23.9 Å². The van der Waals surface area contributed by atoms with Crippen LogP contribution in [0.1, 0.15) is 36.5 Å². The van der Waals surface area contributed by atoms with Crippen LogP contribution in [0.3, 0.4) is 0 Å². The molecule has 2 rings (SSSR count). The third-order valence-electron chi connectivity index (χ3n) is 4.73. The highest BCUT2D eigenvalue weighted by Crippen LogP contribution is 2.18. The van der Waals surface area contributed by atoms with Gasteiger partial charge in [-0.15, -0.1) is 0 Å². The Hall–Kier alpha value is -3.35. The molecule has 1 N–H and O–H groups in total. The molecule has 7 heteroatoms. The van der Waals surface area contributed by atoms with Crippen molar-refractivity contribution in [3.05, 3.63) is 59.2 Å². The van der Waals surface area contributed by atoms with Crippen molar-refractivity contribution >= 4 is 23.5 Å². The quantitative estimate of drug-likeness (QED) is 0.621. The highest BCUT2D eigenvalue weighted by Gasteiger charge is 2.16. The van der Waals surface area contributed by atoms with E-state index in [1.807, 2.05) is 44.2 Å². The highest BCUT2D eigenvalue weighted by atomic mass is 16.6. The Morgan fingerprint density at radius 2 is 1.68 bits per heavy atom. The van der Waals surface area contributed by atoms with Gasteiger partial charge >= 0.3 is 5.97 Å². The largest absolute Gasteiger partial charge is 0.482 e. The zero-order chi connectivity index (χ0) is 23.0. The molecule has 0 unspecified atom stereocenters. The van der Waals surface area contributed by atoms with E-state index < -0.39 is 18.5 Å². The number of carbonyl (C=O) groups is 3. The van der Waals surface area contributed by atoms with Crippen LogP contribution in [-0.2, 0) is 19.1 Å². The van der Waals surface area contributed by atoms with Crippen LogP contribution in [0.2, 0.25) is 0 Å². The van der Waals surface area contributed by atoms with Crippen molar-refractivity contribution in [3.63, 3.8) is 0 Å². The van der Waals surface area contributed by atoms with Crippen LogP contribution in [0.4, 0.5) is 5.69 Å². The van der Waals surface area contributed by atoms with Crippen LogP contribution in [0.25, 0.3) is 0 Å². The molecule has 31 heavy (non-hydrogen) atoms. The fourth-order valence-corrected chi connectivity index (χ4v) is 2.75.